The van der Waals surface area contributed by atoms with Gasteiger partial charge in [-0.1, -0.05) is 59.1 Å². The summed E-state index contributed by atoms with van der Waals surface area (Å²) in [5.41, 5.74) is 3.76. The number of nitrogens with zero attached hydrogens (tertiary/aromatic N) is 3. The van der Waals surface area contributed by atoms with E-state index in [1.54, 1.807) is 0 Å². The first-order chi connectivity index (χ1) is 13.8. The standard InChI is InChI=1S/C20H20Cl2N2S.HNO3/c1-15-2-4-16(5-3-15)13-25-20(24-11-10-23-14-24)9-7-17-6-8-18(21)12-19(17)22;2-1(3)4/h2-6,8,10-12,14,20H,7,9,13H2,1H3;(H,2,3,4). The van der Waals surface area contributed by atoms with Crippen LogP contribution in [0, 0.1) is 17.0 Å². The van der Waals surface area contributed by atoms with Crippen LogP contribution in [0.1, 0.15) is 28.5 Å². The molecule has 0 fully saturated rings. The molecule has 3 rings (SSSR count). The zero-order chi connectivity index (χ0) is 21.2. The Labute approximate surface area is 183 Å². The van der Waals surface area contributed by atoms with Gasteiger partial charge in [0.2, 0.25) is 0 Å². The van der Waals surface area contributed by atoms with E-state index < -0.39 is 5.09 Å². The van der Waals surface area contributed by atoms with Crippen LogP contribution in [0.2, 0.25) is 10.0 Å². The number of rotatable bonds is 7. The fraction of sp³-hybridized carbons (Fsp3) is 0.250. The zero-order valence-electron chi connectivity index (χ0n) is 15.7. The lowest BCUT2D eigenvalue weighted by atomic mass is 10.1. The fourth-order valence-electron chi connectivity index (χ4n) is 2.64. The first kappa shape index (κ1) is 23.1. The van der Waals surface area contributed by atoms with E-state index in [0.717, 1.165) is 29.2 Å². The van der Waals surface area contributed by atoms with Crippen molar-refractivity contribution in [1.82, 2.24) is 9.55 Å². The summed E-state index contributed by atoms with van der Waals surface area (Å²) in [6, 6.07) is 14.4. The normalized spacial score (nSPS) is 11.4. The Morgan fingerprint density at radius 1 is 1.24 bits per heavy atom. The summed E-state index contributed by atoms with van der Waals surface area (Å²) >= 11 is 14.2. The summed E-state index contributed by atoms with van der Waals surface area (Å²) in [5.74, 6) is 0.970. The van der Waals surface area contributed by atoms with Crippen molar-refractivity contribution in [3.05, 3.63) is 98.0 Å². The van der Waals surface area contributed by atoms with Crippen LogP contribution in [-0.2, 0) is 12.2 Å². The number of halogens is 2. The second kappa shape index (κ2) is 11.7. The average Bonchev–Trinajstić information content (AvgIpc) is 3.18. The van der Waals surface area contributed by atoms with Gasteiger partial charge in [0, 0.05) is 28.2 Å². The van der Waals surface area contributed by atoms with Gasteiger partial charge in [0.15, 0.2) is 0 Å². The van der Waals surface area contributed by atoms with E-state index in [4.69, 9.17) is 38.5 Å². The summed E-state index contributed by atoms with van der Waals surface area (Å²) in [4.78, 5) is 12.6. The molecule has 0 saturated carbocycles. The predicted molar refractivity (Wildman–Crippen MR) is 117 cm³/mol. The Morgan fingerprint density at radius 3 is 2.52 bits per heavy atom. The van der Waals surface area contributed by atoms with Gasteiger partial charge in [-0.25, -0.2) is 4.98 Å². The number of hydrogen-bond acceptors (Lipinski definition) is 4. The number of aryl methyl sites for hydroxylation is 2. The lowest BCUT2D eigenvalue weighted by Crippen LogP contribution is -2.05. The van der Waals surface area contributed by atoms with Crippen LogP contribution in [0.25, 0.3) is 0 Å². The summed E-state index contributed by atoms with van der Waals surface area (Å²) in [6.45, 7) is 2.11. The summed E-state index contributed by atoms with van der Waals surface area (Å²) in [6.07, 6.45) is 7.62. The molecule has 0 saturated heterocycles. The highest BCUT2D eigenvalue weighted by Crippen LogP contribution is 2.32. The molecule has 1 N–H and O–H groups in total. The van der Waals surface area contributed by atoms with E-state index in [9.17, 15) is 0 Å². The monoisotopic (exact) mass is 453 g/mol. The molecule has 29 heavy (non-hydrogen) atoms. The third-order valence-corrected chi connectivity index (χ3v) is 6.05. The van der Waals surface area contributed by atoms with Crippen LogP contribution >= 0.6 is 35.0 Å². The molecule has 2 aromatic carbocycles. The third kappa shape index (κ3) is 8.35. The van der Waals surface area contributed by atoms with Gasteiger partial charge in [0.1, 0.15) is 0 Å². The second-order valence-corrected chi connectivity index (χ2v) is 8.28. The topological polar surface area (TPSA) is 81.2 Å². The first-order valence-electron chi connectivity index (χ1n) is 8.77. The predicted octanol–water partition coefficient (Wildman–Crippen LogP) is 6.22. The van der Waals surface area contributed by atoms with Crippen LogP contribution < -0.4 is 0 Å². The van der Waals surface area contributed by atoms with E-state index in [2.05, 4.69) is 40.7 Å². The van der Waals surface area contributed by atoms with Crippen molar-refractivity contribution in [1.29, 1.82) is 0 Å². The largest absolute Gasteiger partial charge is 0.328 e. The first-order valence-corrected chi connectivity index (χ1v) is 10.6. The Kier molecular flexibility index (Phi) is 9.31. The summed E-state index contributed by atoms with van der Waals surface area (Å²) < 4.78 is 2.17. The minimum Gasteiger partial charge on any atom is -0.328 e. The van der Waals surface area contributed by atoms with Gasteiger partial charge >= 0.3 is 0 Å². The molecule has 1 heterocycles. The van der Waals surface area contributed by atoms with E-state index >= 15 is 0 Å². The van der Waals surface area contributed by atoms with Crippen LogP contribution in [0.4, 0.5) is 0 Å². The Balaban J connectivity index is 0.000000687. The van der Waals surface area contributed by atoms with Gasteiger partial charge < -0.3 is 9.77 Å². The van der Waals surface area contributed by atoms with Gasteiger partial charge in [-0.05, 0) is 43.0 Å². The molecule has 0 radical (unpaired) electrons. The quantitative estimate of drug-likeness (QED) is 0.339. The highest BCUT2D eigenvalue weighted by molar-refractivity contribution is 7.98. The molecule has 1 unspecified atom stereocenters. The summed E-state index contributed by atoms with van der Waals surface area (Å²) in [7, 11) is 0. The highest BCUT2D eigenvalue weighted by atomic mass is 35.5. The molecule has 0 amide bonds. The maximum Gasteiger partial charge on any atom is 0.291 e. The van der Waals surface area contributed by atoms with Gasteiger partial charge in [0.05, 0.1) is 11.7 Å². The van der Waals surface area contributed by atoms with Crippen LogP contribution in [0.3, 0.4) is 0 Å². The molecule has 154 valence electrons. The van der Waals surface area contributed by atoms with Crippen molar-refractivity contribution in [2.45, 2.75) is 30.9 Å². The van der Waals surface area contributed by atoms with Crippen LogP contribution in [0.5, 0.6) is 0 Å². The molecule has 0 aliphatic rings. The lowest BCUT2D eigenvalue weighted by Gasteiger charge is -2.18. The third-order valence-electron chi connectivity index (χ3n) is 4.10. The van der Waals surface area contributed by atoms with Gasteiger partial charge in [0.25, 0.3) is 5.09 Å². The van der Waals surface area contributed by atoms with Crippen LogP contribution in [-0.4, -0.2) is 19.8 Å². The van der Waals surface area contributed by atoms with E-state index in [1.807, 2.05) is 48.7 Å². The van der Waals surface area contributed by atoms with Crippen molar-refractivity contribution < 1.29 is 10.3 Å². The van der Waals surface area contributed by atoms with E-state index in [0.29, 0.717) is 10.4 Å². The number of thioether (sulfide) groups is 1. The minimum absolute atomic E-state index is 0.315. The van der Waals surface area contributed by atoms with Crippen molar-refractivity contribution in [3.8, 4) is 0 Å². The Hall–Kier alpha value is -2.22. The minimum atomic E-state index is -1.50. The number of hydrogen-bond donors (Lipinski definition) is 1. The molecule has 1 aromatic heterocycles. The Bertz CT molecular complexity index is 902. The molecule has 3 aromatic rings. The fourth-order valence-corrected chi connectivity index (χ4v) is 4.30. The van der Waals surface area contributed by atoms with Gasteiger partial charge in [-0.2, -0.15) is 0 Å². The maximum atomic E-state index is 8.36. The molecular formula is C20H21Cl2N3O3S. The number of aromatic nitrogens is 2. The molecule has 0 bridgehead atoms. The van der Waals surface area contributed by atoms with E-state index in [-0.39, 0.29) is 0 Å². The number of benzene rings is 2. The van der Waals surface area contributed by atoms with Crippen molar-refractivity contribution >= 4 is 35.0 Å². The molecule has 0 aliphatic carbocycles. The van der Waals surface area contributed by atoms with Gasteiger partial charge in [-0.15, -0.1) is 21.9 Å². The van der Waals surface area contributed by atoms with Crippen molar-refractivity contribution in [2.75, 3.05) is 0 Å². The highest BCUT2D eigenvalue weighted by Gasteiger charge is 2.13. The molecule has 1 atom stereocenters. The molecule has 6 nitrogen and oxygen atoms in total. The van der Waals surface area contributed by atoms with Gasteiger partial charge in [-0.3, -0.25) is 0 Å². The smallest absolute Gasteiger partial charge is 0.291 e. The summed E-state index contributed by atoms with van der Waals surface area (Å²) in [5, 5.41) is 15.4. The Morgan fingerprint density at radius 2 is 1.93 bits per heavy atom. The molecular weight excluding hydrogens is 433 g/mol. The van der Waals surface area contributed by atoms with E-state index in [1.165, 1.54) is 11.1 Å². The van der Waals surface area contributed by atoms with Crippen molar-refractivity contribution in [3.63, 3.8) is 0 Å². The lowest BCUT2D eigenvalue weighted by molar-refractivity contribution is -0.742. The SMILES string of the molecule is Cc1ccc(CSC(CCc2ccc(Cl)cc2Cl)n2ccnc2)cc1.O=[N+]([O-])O. The maximum absolute atomic E-state index is 8.36. The second-order valence-electron chi connectivity index (χ2n) is 6.27. The van der Waals surface area contributed by atoms with Crippen molar-refractivity contribution in [2.24, 2.45) is 0 Å². The van der Waals surface area contributed by atoms with Crippen LogP contribution in [0.15, 0.2) is 61.2 Å². The molecule has 9 heteroatoms. The zero-order valence-corrected chi connectivity index (χ0v) is 18.1. The molecule has 0 aliphatic heterocycles. The average molecular weight is 454 g/mol. The molecule has 0 spiro atoms. The number of imidazole rings is 1.